The summed E-state index contributed by atoms with van der Waals surface area (Å²) in [6, 6.07) is 4.74. The number of benzene rings is 1. The lowest BCUT2D eigenvalue weighted by Gasteiger charge is -2.31. The maximum Gasteiger partial charge on any atom is 0.247 e. The van der Waals surface area contributed by atoms with E-state index in [4.69, 9.17) is 10.5 Å². The average Bonchev–Trinajstić information content (AvgIpc) is 2.76. The molecule has 3 amide bonds. The Labute approximate surface area is 194 Å². The highest BCUT2D eigenvalue weighted by Crippen LogP contribution is 2.21. The summed E-state index contributed by atoms with van der Waals surface area (Å²) in [4.78, 5) is 47.1. The molecule has 0 heterocycles. The van der Waals surface area contributed by atoms with Crippen molar-refractivity contribution >= 4 is 35.5 Å². The summed E-state index contributed by atoms with van der Waals surface area (Å²) in [6.07, 6.45) is -1.50. The third kappa shape index (κ3) is 8.08. The minimum atomic E-state index is -1.37. The van der Waals surface area contributed by atoms with Gasteiger partial charge in [-0.2, -0.15) is 0 Å². The Bertz CT molecular complexity index is 905. The van der Waals surface area contributed by atoms with Gasteiger partial charge in [-0.15, -0.1) is 11.8 Å². The number of hydrogen-bond donors (Lipinski definition) is 5. The average molecular weight is 481 g/mol. The van der Waals surface area contributed by atoms with Gasteiger partial charge in [-0.1, -0.05) is 18.2 Å². The maximum atomic E-state index is 12.7. The Kier molecular flexibility index (Phi) is 9.70. The van der Waals surface area contributed by atoms with E-state index in [1.807, 2.05) is 0 Å². The van der Waals surface area contributed by atoms with Crippen molar-refractivity contribution in [2.24, 2.45) is 5.73 Å². The monoisotopic (exact) mass is 480 g/mol. The van der Waals surface area contributed by atoms with Crippen LogP contribution in [-0.2, 0) is 25.6 Å². The highest BCUT2D eigenvalue weighted by Gasteiger charge is 2.34. The SMILES string of the molecule is COc1ccc(C[C@H](NC(=O)C2=C[C@@H](NC(=O)CSCC(=O)[O-])[C@@H](O)[C@H](O)C2)C(N)=O)cc1. The molecule has 180 valence electrons. The van der Waals surface area contributed by atoms with Gasteiger partial charge in [-0.05, 0) is 17.7 Å². The van der Waals surface area contributed by atoms with Crippen molar-refractivity contribution in [1.82, 2.24) is 10.6 Å². The number of carboxylic acid groups (broad SMARTS) is 1. The molecule has 2 rings (SSSR count). The number of nitrogens with one attached hydrogen (secondary N) is 2. The third-order valence-electron chi connectivity index (χ3n) is 4.89. The number of aliphatic hydroxyl groups is 2. The number of amides is 3. The Morgan fingerprint density at radius 2 is 1.88 bits per heavy atom. The van der Waals surface area contributed by atoms with Crippen LogP contribution in [0.3, 0.4) is 0 Å². The van der Waals surface area contributed by atoms with Gasteiger partial charge in [0.2, 0.25) is 17.7 Å². The molecule has 1 aromatic carbocycles. The minimum absolute atomic E-state index is 0.0569. The molecule has 11 nitrogen and oxygen atoms in total. The smallest absolute Gasteiger partial charge is 0.247 e. The van der Waals surface area contributed by atoms with Crippen LogP contribution in [0.4, 0.5) is 0 Å². The number of carboxylic acids is 1. The topological polar surface area (TPSA) is 191 Å². The first-order valence-corrected chi connectivity index (χ1v) is 11.1. The van der Waals surface area contributed by atoms with Gasteiger partial charge in [-0.3, -0.25) is 14.4 Å². The molecular weight excluding hydrogens is 454 g/mol. The zero-order chi connectivity index (χ0) is 24.5. The number of rotatable bonds is 11. The van der Waals surface area contributed by atoms with E-state index in [1.165, 1.54) is 13.2 Å². The van der Waals surface area contributed by atoms with Gasteiger partial charge in [0, 0.05) is 24.2 Å². The Balaban J connectivity index is 2.05. The van der Waals surface area contributed by atoms with Gasteiger partial charge < -0.3 is 41.2 Å². The molecule has 0 saturated carbocycles. The number of methoxy groups -OCH3 is 1. The molecule has 12 heteroatoms. The predicted molar refractivity (Wildman–Crippen MR) is 117 cm³/mol. The Morgan fingerprint density at radius 1 is 1.21 bits per heavy atom. The van der Waals surface area contributed by atoms with Gasteiger partial charge in [0.05, 0.1) is 31.0 Å². The molecule has 0 radical (unpaired) electrons. The van der Waals surface area contributed by atoms with Gasteiger partial charge in [-0.25, -0.2) is 0 Å². The van der Waals surface area contributed by atoms with Gasteiger partial charge in [0.1, 0.15) is 17.9 Å². The molecule has 0 saturated heterocycles. The summed E-state index contributed by atoms with van der Waals surface area (Å²) < 4.78 is 5.08. The van der Waals surface area contributed by atoms with Gasteiger partial charge in [0.15, 0.2) is 0 Å². The van der Waals surface area contributed by atoms with Crippen LogP contribution in [0.1, 0.15) is 12.0 Å². The van der Waals surface area contributed by atoms with Crippen LogP contribution < -0.4 is 26.2 Å². The highest BCUT2D eigenvalue weighted by molar-refractivity contribution is 8.00. The van der Waals surface area contributed by atoms with Crippen molar-refractivity contribution in [2.45, 2.75) is 37.1 Å². The lowest BCUT2D eigenvalue weighted by Crippen LogP contribution is -2.52. The summed E-state index contributed by atoms with van der Waals surface area (Å²) in [5.41, 5.74) is 6.22. The first-order valence-electron chi connectivity index (χ1n) is 9.97. The minimum Gasteiger partial charge on any atom is -0.549 e. The molecule has 1 aromatic rings. The molecular formula is C21H26N3O8S-. The van der Waals surface area contributed by atoms with Crippen LogP contribution in [0, 0.1) is 0 Å². The largest absolute Gasteiger partial charge is 0.549 e. The summed E-state index contributed by atoms with van der Waals surface area (Å²) in [5, 5.41) is 35.7. The number of hydrogen-bond acceptors (Lipinski definition) is 9. The normalized spacial score (nSPS) is 20.8. The fourth-order valence-corrected chi connectivity index (χ4v) is 3.73. The standard InChI is InChI=1S/C21H27N3O8S/c1-32-13-4-2-11(3-5-13)6-15(20(22)30)24-21(31)12-7-14(19(29)16(25)8-12)23-17(26)9-33-10-18(27)28/h2-5,7,14-16,19,25,29H,6,8-10H2,1H3,(H2,22,30)(H,23,26)(H,24,31)(H,27,28)/p-1/t14-,15+,16-,19-/m1/s1. The van der Waals surface area contributed by atoms with Gasteiger partial charge >= 0.3 is 0 Å². The molecule has 0 bridgehead atoms. The van der Waals surface area contributed by atoms with Crippen LogP contribution in [0.2, 0.25) is 0 Å². The molecule has 1 aliphatic rings. The van der Waals surface area contributed by atoms with Gasteiger partial charge in [0.25, 0.3) is 0 Å². The molecule has 1 aliphatic carbocycles. The number of ether oxygens (including phenoxy) is 1. The van der Waals surface area contributed by atoms with E-state index in [0.29, 0.717) is 5.75 Å². The van der Waals surface area contributed by atoms with Crippen LogP contribution in [-0.4, -0.2) is 76.8 Å². The number of primary amides is 1. The molecule has 0 spiro atoms. The molecule has 4 atom stereocenters. The van der Waals surface area contributed by atoms with Crippen LogP contribution in [0.25, 0.3) is 0 Å². The van der Waals surface area contributed by atoms with E-state index in [1.54, 1.807) is 24.3 Å². The lowest BCUT2D eigenvalue weighted by atomic mass is 9.89. The molecule has 6 N–H and O–H groups in total. The molecule has 33 heavy (non-hydrogen) atoms. The fraction of sp³-hybridized carbons (Fsp3) is 0.429. The maximum absolute atomic E-state index is 12.7. The van der Waals surface area contributed by atoms with E-state index in [-0.39, 0.29) is 29.9 Å². The van der Waals surface area contributed by atoms with Crippen molar-refractivity contribution in [2.75, 3.05) is 18.6 Å². The molecule has 0 unspecified atom stereocenters. The molecule has 0 aromatic heterocycles. The van der Waals surface area contributed by atoms with E-state index >= 15 is 0 Å². The predicted octanol–water partition coefficient (Wildman–Crippen LogP) is -2.77. The number of aliphatic carboxylic acids is 1. The third-order valence-corrected chi connectivity index (χ3v) is 5.80. The molecule has 0 aliphatic heterocycles. The van der Waals surface area contributed by atoms with Crippen molar-refractivity contribution in [3.05, 3.63) is 41.5 Å². The van der Waals surface area contributed by atoms with Crippen LogP contribution in [0.15, 0.2) is 35.9 Å². The summed E-state index contributed by atoms with van der Waals surface area (Å²) in [5.74, 6) is -3.31. The first-order chi connectivity index (χ1) is 15.6. The zero-order valence-corrected chi connectivity index (χ0v) is 18.7. The molecule has 0 fully saturated rings. The summed E-state index contributed by atoms with van der Waals surface area (Å²) >= 11 is 0.804. The second-order valence-corrected chi connectivity index (χ2v) is 8.38. The van der Waals surface area contributed by atoms with Crippen molar-refractivity contribution < 1.29 is 39.2 Å². The number of thioether (sulfide) groups is 1. The van der Waals surface area contributed by atoms with E-state index in [0.717, 1.165) is 17.3 Å². The van der Waals surface area contributed by atoms with Crippen molar-refractivity contribution in [3.63, 3.8) is 0 Å². The number of aliphatic hydroxyl groups excluding tert-OH is 2. The first kappa shape index (κ1) is 26.2. The van der Waals surface area contributed by atoms with Crippen LogP contribution in [0.5, 0.6) is 5.75 Å². The summed E-state index contributed by atoms with van der Waals surface area (Å²) in [7, 11) is 1.52. The number of carbonyl (C=O) groups excluding carboxylic acids is 4. The number of nitrogens with two attached hydrogens (primary N) is 1. The summed E-state index contributed by atoms with van der Waals surface area (Å²) in [6.45, 7) is 0. The number of carbonyl (C=O) groups is 4. The van der Waals surface area contributed by atoms with E-state index in [9.17, 15) is 34.5 Å². The van der Waals surface area contributed by atoms with Crippen LogP contribution >= 0.6 is 11.8 Å². The van der Waals surface area contributed by atoms with E-state index in [2.05, 4.69) is 10.6 Å². The second kappa shape index (κ2) is 12.2. The quantitative estimate of drug-likeness (QED) is 0.223. The van der Waals surface area contributed by atoms with Crippen molar-refractivity contribution in [1.29, 1.82) is 0 Å². The fourth-order valence-electron chi connectivity index (χ4n) is 3.19. The van der Waals surface area contributed by atoms with Crippen molar-refractivity contribution in [3.8, 4) is 5.75 Å². The highest BCUT2D eigenvalue weighted by atomic mass is 32.2. The zero-order valence-electron chi connectivity index (χ0n) is 17.9. The Morgan fingerprint density at radius 3 is 2.45 bits per heavy atom. The Hall–Kier alpha value is -3.09. The van der Waals surface area contributed by atoms with E-state index < -0.39 is 48.0 Å². The lowest BCUT2D eigenvalue weighted by molar-refractivity contribution is -0.301. The second-order valence-electron chi connectivity index (χ2n) is 7.39.